The van der Waals surface area contributed by atoms with Crippen LogP contribution in [0.1, 0.15) is 5.69 Å². The van der Waals surface area contributed by atoms with Gasteiger partial charge in [-0.2, -0.15) is 0 Å². The minimum absolute atomic E-state index is 0.971. The summed E-state index contributed by atoms with van der Waals surface area (Å²) in [5, 5.41) is 5.15. The fraction of sp³-hybridized carbons (Fsp3) is 0.167. The van der Waals surface area contributed by atoms with Crippen LogP contribution in [-0.2, 0) is 6.42 Å². The number of hydrogen-bond donors (Lipinski definition) is 1. The molecular formula is C12H11N3S2. The molecule has 0 fully saturated rings. The molecule has 86 valence electrons. The van der Waals surface area contributed by atoms with Crippen LogP contribution in [0.25, 0.3) is 11.0 Å². The van der Waals surface area contributed by atoms with E-state index in [0.717, 1.165) is 34.1 Å². The molecule has 0 spiro atoms. The second-order valence-corrected chi connectivity index (χ2v) is 5.46. The molecule has 0 aliphatic rings. The zero-order valence-corrected chi connectivity index (χ0v) is 10.7. The summed E-state index contributed by atoms with van der Waals surface area (Å²) >= 11 is 3.42. The van der Waals surface area contributed by atoms with Crippen molar-refractivity contribution in [2.75, 3.05) is 5.75 Å². The first-order valence-corrected chi connectivity index (χ1v) is 7.29. The van der Waals surface area contributed by atoms with Crippen LogP contribution in [0.4, 0.5) is 0 Å². The SMILES string of the molecule is c1ccc(CCSc2nc3cscc3[nH]2)nc1. The molecule has 0 unspecified atom stereocenters. The van der Waals surface area contributed by atoms with Crippen LogP contribution in [0.3, 0.4) is 0 Å². The van der Waals surface area contributed by atoms with E-state index >= 15 is 0 Å². The third kappa shape index (κ3) is 2.50. The summed E-state index contributed by atoms with van der Waals surface area (Å²) in [5.74, 6) is 0.997. The molecule has 0 amide bonds. The highest BCUT2D eigenvalue weighted by Gasteiger charge is 2.03. The molecule has 3 rings (SSSR count). The summed E-state index contributed by atoms with van der Waals surface area (Å²) < 4.78 is 0. The summed E-state index contributed by atoms with van der Waals surface area (Å²) in [4.78, 5) is 12.1. The van der Waals surface area contributed by atoms with Gasteiger partial charge in [-0.1, -0.05) is 17.8 Å². The Hall–Kier alpha value is -1.33. The standard InChI is InChI=1S/C12H11N3S2/c1-2-5-13-9(3-1)4-6-17-12-14-10-7-16-8-11(10)15-12/h1-3,5,7-8H,4,6H2,(H,14,15). The van der Waals surface area contributed by atoms with E-state index < -0.39 is 0 Å². The number of aryl methyl sites for hydroxylation is 1. The Balaban J connectivity index is 1.59. The van der Waals surface area contributed by atoms with Crippen LogP contribution in [0.2, 0.25) is 0 Å². The Morgan fingerprint density at radius 2 is 2.29 bits per heavy atom. The third-order valence-corrected chi connectivity index (χ3v) is 4.03. The molecule has 0 aliphatic heterocycles. The molecule has 0 bridgehead atoms. The lowest BCUT2D eigenvalue weighted by Gasteiger charge is -1.98. The maximum absolute atomic E-state index is 4.50. The van der Waals surface area contributed by atoms with E-state index in [1.807, 2.05) is 18.3 Å². The monoisotopic (exact) mass is 261 g/mol. The predicted octanol–water partition coefficient (Wildman–Crippen LogP) is 3.35. The highest BCUT2D eigenvalue weighted by Crippen LogP contribution is 2.22. The smallest absolute Gasteiger partial charge is 0.166 e. The van der Waals surface area contributed by atoms with Crippen molar-refractivity contribution in [1.82, 2.24) is 15.0 Å². The molecule has 17 heavy (non-hydrogen) atoms. The average molecular weight is 261 g/mol. The molecule has 5 heteroatoms. The summed E-state index contributed by atoms with van der Waals surface area (Å²) in [6.07, 6.45) is 2.81. The minimum atomic E-state index is 0.971. The van der Waals surface area contributed by atoms with Gasteiger partial charge in [-0.25, -0.2) is 4.98 Å². The maximum atomic E-state index is 4.50. The van der Waals surface area contributed by atoms with Gasteiger partial charge in [-0.15, -0.1) is 11.3 Å². The van der Waals surface area contributed by atoms with Crippen molar-refractivity contribution in [3.8, 4) is 0 Å². The fourth-order valence-electron chi connectivity index (χ4n) is 1.59. The first-order chi connectivity index (χ1) is 8.42. The second-order valence-electron chi connectivity index (χ2n) is 3.63. The first kappa shape index (κ1) is 10.8. The number of aromatic nitrogens is 3. The zero-order valence-electron chi connectivity index (χ0n) is 9.09. The van der Waals surface area contributed by atoms with Gasteiger partial charge in [-0.05, 0) is 18.6 Å². The maximum Gasteiger partial charge on any atom is 0.166 e. The van der Waals surface area contributed by atoms with Crippen LogP contribution in [0.5, 0.6) is 0 Å². The number of nitrogens with one attached hydrogen (secondary N) is 1. The molecular weight excluding hydrogens is 250 g/mol. The number of fused-ring (bicyclic) bond motifs is 1. The number of thioether (sulfide) groups is 1. The molecule has 0 aromatic carbocycles. The predicted molar refractivity (Wildman–Crippen MR) is 72.6 cm³/mol. The fourth-order valence-corrected chi connectivity index (χ4v) is 3.13. The van der Waals surface area contributed by atoms with Gasteiger partial charge in [0, 0.05) is 28.4 Å². The topological polar surface area (TPSA) is 41.6 Å². The molecule has 3 nitrogen and oxygen atoms in total. The van der Waals surface area contributed by atoms with E-state index in [4.69, 9.17) is 0 Å². The van der Waals surface area contributed by atoms with Crippen molar-refractivity contribution in [2.45, 2.75) is 11.6 Å². The van der Waals surface area contributed by atoms with Crippen molar-refractivity contribution >= 4 is 34.1 Å². The van der Waals surface area contributed by atoms with E-state index in [2.05, 4.69) is 31.8 Å². The van der Waals surface area contributed by atoms with Gasteiger partial charge in [0.15, 0.2) is 5.16 Å². The van der Waals surface area contributed by atoms with E-state index in [1.165, 1.54) is 0 Å². The Bertz CT molecular complexity index is 572. The summed E-state index contributed by atoms with van der Waals surface area (Å²) in [6.45, 7) is 0. The Labute approximate surface area is 107 Å². The Morgan fingerprint density at radius 3 is 3.12 bits per heavy atom. The van der Waals surface area contributed by atoms with Crippen LogP contribution >= 0.6 is 23.1 Å². The lowest BCUT2D eigenvalue weighted by molar-refractivity contribution is 1.03. The van der Waals surface area contributed by atoms with Crippen LogP contribution in [-0.4, -0.2) is 20.7 Å². The van der Waals surface area contributed by atoms with Crippen molar-refractivity contribution < 1.29 is 0 Å². The van der Waals surface area contributed by atoms with Crippen molar-refractivity contribution in [1.29, 1.82) is 0 Å². The summed E-state index contributed by atoms with van der Waals surface area (Å²) in [5.41, 5.74) is 3.33. The molecule has 0 aliphatic carbocycles. The minimum Gasteiger partial charge on any atom is -0.332 e. The molecule has 0 saturated heterocycles. The van der Waals surface area contributed by atoms with Crippen LogP contribution in [0.15, 0.2) is 40.3 Å². The van der Waals surface area contributed by atoms with Gasteiger partial charge in [0.25, 0.3) is 0 Å². The van der Waals surface area contributed by atoms with Crippen molar-refractivity contribution in [3.63, 3.8) is 0 Å². The second kappa shape index (κ2) is 4.89. The van der Waals surface area contributed by atoms with Crippen molar-refractivity contribution in [2.24, 2.45) is 0 Å². The van der Waals surface area contributed by atoms with Gasteiger partial charge in [0.2, 0.25) is 0 Å². The van der Waals surface area contributed by atoms with Gasteiger partial charge in [-0.3, -0.25) is 4.98 Å². The van der Waals surface area contributed by atoms with Gasteiger partial charge in [0.1, 0.15) is 5.52 Å². The molecule has 0 radical (unpaired) electrons. The molecule has 3 heterocycles. The van der Waals surface area contributed by atoms with E-state index in [1.54, 1.807) is 23.1 Å². The van der Waals surface area contributed by atoms with Crippen molar-refractivity contribution in [3.05, 3.63) is 40.8 Å². The van der Waals surface area contributed by atoms with E-state index in [-0.39, 0.29) is 0 Å². The highest BCUT2D eigenvalue weighted by molar-refractivity contribution is 7.99. The number of H-pyrrole nitrogens is 1. The van der Waals surface area contributed by atoms with Crippen LogP contribution in [0, 0.1) is 0 Å². The van der Waals surface area contributed by atoms with Gasteiger partial charge < -0.3 is 4.98 Å². The molecule has 0 atom stereocenters. The average Bonchev–Trinajstić information content (AvgIpc) is 2.91. The largest absolute Gasteiger partial charge is 0.332 e. The first-order valence-electron chi connectivity index (χ1n) is 5.36. The Morgan fingerprint density at radius 1 is 1.29 bits per heavy atom. The number of pyridine rings is 1. The molecule has 1 N–H and O–H groups in total. The quantitative estimate of drug-likeness (QED) is 0.732. The lowest BCUT2D eigenvalue weighted by atomic mass is 10.3. The summed E-state index contributed by atoms with van der Waals surface area (Å²) in [6, 6.07) is 6.02. The number of hydrogen-bond acceptors (Lipinski definition) is 4. The molecule has 3 aromatic rings. The lowest BCUT2D eigenvalue weighted by Crippen LogP contribution is -1.91. The normalized spacial score (nSPS) is 11.1. The van der Waals surface area contributed by atoms with Gasteiger partial charge >= 0.3 is 0 Å². The van der Waals surface area contributed by atoms with Gasteiger partial charge in [0.05, 0.1) is 5.52 Å². The molecule has 3 aromatic heterocycles. The third-order valence-electron chi connectivity index (χ3n) is 2.43. The zero-order chi connectivity index (χ0) is 11.5. The van der Waals surface area contributed by atoms with Crippen LogP contribution < -0.4 is 0 Å². The summed E-state index contributed by atoms with van der Waals surface area (Å²) in [7, 11) is 0. The number of imidazole rings is 1. The Kier molecular flexibility index (Phi) is 3.11. The highest BCUT2D eigenvalue weighted by atomic mass is 32.2. The molecule has 0 saturated carbocycles. The van der Waals surface area contributed by atoms with E-state index in [0.29, 0.717) is 0 Å². The number of nitrogens with zero attached hydrogens (tertiary/aromatic N) is 2. The number of rotatable bonds is 4. The van der Waals surface area contributed by atoms with E-state index in [9.17, 15) is 0 Å². The number of thiophene rings is 1. The number of aromatic amines is 1.